The standard InChI is InChI=1S/C16H32N2O2/c1-7-15(4,5)18(6)13-10-11-16(12-13,17-8-2)14(19)20-9-3/h13,17H,7-12H2,1-6H3. The molecule has 0 spiro atoms. The highest BCUT2D eigenvalue weighted by Crippen LogP contribution is 2.36. The molecule has 2 unspecified atom stereocenters. The van der Waals surface area contributed by atoms with Crippen LogP contribution in [0.25, 0.3) is 0 Å². The molecule has 0 radical (unpaired) electrons. The van der Waals surface area contributed by atoms with E-state index in [9.17, 15) is 4.79 Å². The quantitative estimate of drug-likeness (QED) is 0.730. The average molecular weight is 284 g/mol. The van der Waals surface area contributed by atoms with Gasteiger partial charge in [-0.1, -0.05) is 13.8 Å². The van der Waals surface area contributed by atoms with Gasteiger partial charge < -0.3 is 10.1 Å². The molecule has 1 N–H and O–H groups in total. The minimum atomic E-state index is -0.479. The van der Waals surface area contributed by atoms with E-state index in [0.717, 1.165) is 32.2 Å². The molecule has 0 amide bonds. The van der Waals surface area contributed by atoms with Crippen LogP contribution in [0.4, 0.5) is 0 Å². The lowest BCUT2D eigenvalue weighted by molar-refractivity contribution is -0.151. The predicted octanol–water partition coefficient (Wildman–Crippen LogP) is 2.57. The third-order valence-electron chi connectivity index (χ3n) is 5.04. The van der Waals surface area contributed by atoms with Gasteiger partial charge in [-0.05, 0) is 60.0 Å². The van der Waals surface area contributed by atoms with Gasteiger partial charge in [0.25, 0.3) is 0 Å². The molecule has 4 nitrogen and oxygen atoms in total. The molecule has 4 heteroatoms. The van der Waals surface area contributed by atoms with Crippen LogP contribution in [-0.2, 0) is 9.53 Å². The van der Waals surface area contributed by atoms with Crippen LogP contribution < -0.4 is 5.32 Å². The number of rotatable bonds is 7. The topological polar surface area (TPSA) is 41.6 Å². The van der Waals surface area contributed by atoms with Crippen LogP contribution in [0.5, 0.6) is 0 Å². The highest BCUT2D eigenvalue weighted by Gasteiger charge is 2.48. The van der Waals surface area contributed by atoms with Gasteiger partial charge in [-0.3, -0.25) is 9.69 Å². The number of nitrogens with zero attached hydrogens (tertiary/aromatic N) is 1. The van der Waals surface area contributed by atoms with Crippen molar-refractivity contribution >= 4 is 5.97 Å². The van der Waals surface area contributed by atoms with Crippen LogP contribution in [0.3, 0.4) is 0 Å². The fourth-order valence-corrected chi connectivity index (χ4v) is 3.12. The molecule has 0 aromatic carbocycles. The van der Waals surface area contributed by atoms with Crippen molar-refractivity contribution in [1.82, 2.24) is 10.2 Å². The smallest absolute Gasteiger partial charge is 0.326 e. The molecule has 0 aromatic rings. The molecule has 0 aliphatic heterocycles. The predicted molar refractivity (Wildman–Crippen MR) is 82.8 cm³/mol. The lowest BCUT2D eigenvalue weighted by Gasteiger charge is -2.40. The van der Waals surface area contributed by atoms with E-state index in [1.165, 1.54) is 0 Å². The highest BCUT2D eigenvalue weighted by molar-refractivity contribution is 5.81. The zero-order valence-corrected chi connectivity index (χ0v) is 14.1. The van der Waals surface area contributed by atoms with Crippen LogP contribution >= 0.6 is 0 Å². The Balaban J connectivity index is 2.82. The van der Waals surface area contributed by atoms with Gasteiger partial charge in [-0.25, -0.2) is 0 Å². The zero-order chi connectivity index (χ0) is 15.4. The van der Waals surface area contributed by atoms with Crippen LogP contribution in [-0.4, -0.2) is 48.2 Å². The molecule has 1 saturated carbocycles. The molecule has 1 rings (SSSR count). The van der Waals surface area contributed by atoms with Crippen molar-refractivity contribution in [1.29, 1.82) is 0 Å². The molecule has 1 aliphatic carbocycles. The fraction of sp³-hybridized carbons (Fsp3) is 0.938. The number of hydrogen-bond acceptors (Lipinski definition) is 4. The Kier molecular flexibility index (Phi) is 6.02. The Morgan fingerprint density at radius 2 is 2.05 bits per heavy atom. The molecular weight excluding hydrogens is 252 g/mol. The van der Waals surface area contributed by atoms with Crippen molar-refractivity contribution < 1.29 is 9.53 Å². The van der Waals surface area contributed by atoms with Gasteiger partial charge in [-0.15, -0.1) is 0 Å². The summed E-state index contributed by atoms with van der Waals surface area (Å²) in [6.45, 7) is 11.9. The molecule has 0 heterocycles. The van der Waals surface area contributed by atoms with Crippen molar-refractivity contribution in [2.24, 2.45) is 0 Å². The largest absolute Gasteiger partial charge is 0.465 e. The Morgan fingerprint density at radius 1 is 1.40 bits per heavy atom. The van der Waals surface area contributed by atoms with Crippen LogP contribution in [0.1, 0.15) is 60.3 Å². The lowest BCUT2D eigenvalue weighted by Crippen LogP contribution is -2.53. The van der Waals surface area contributed by atoms with E-state index in [-0.39, 0.29) is 11.5 Å². The minimum absolute atomic E-state index is 0.0768. The first-order chi connectivity index (χ1) is 9.33. The highest BCUT2D eigenvalue weighted by atomic mass is 16.5. The van der Waals surface area contributed by atoms with E-state index in [1.54, 1.807) is 0 Å². The maximum Gasteiger partial charge on any atom is 0.326 e. The first kappa shape index (κ1) is 17.4. The summed E-state index contributed by atoms with van der Waals surface area (Å²) < 4.78 is 5.30. The lowest BCUT2D eigenvalue weighted by atomic mass is 9.94. The van der Waals surface area contributed by atoms with Crippen molar-refractivity contribution in [2.75, 3.05) is 20.2 Å². The van der Waals surface area contributed by atoms with E-state index in [1.807, 2.05) is 13.8 Å². The Morgan fingerprint density at radius 3 is 2.55 bits per heavy atom. The van der Waals surface area contributed by atoms with E-state index in [4.69, 9.17) is 4.74 Å². The molecule has 0 bridgehead atoms. The van der Waals surface area contributed by atoms with Crippen molar-refractivity contribution in [3.05, 3.63) is 0 Å². The fourth-order valence-electron chi connectivity index (χ4n) is 3.12. The second-order valence-electron chi connectivity index (χ2n) is 6.51. The maximum atomic E-state index is 12.3. The van der Waals surface area contributed by atoms with Gasteiger partial charge in [0.15, 0.2) is 0 Å². The van der Waals surface area contributed by atoms with Crippen molar-refractivity contribution in [2.45, 2.75) is 77.4 Å². The summed E-state index contributed by atoms with van der Waals surface area (Å²) >= 11 is 0. The van der Waals surface area contributed by atoms with E-state index < -0.39 is 5.54 Å². The van der Waals surface area contributed by atoms with E-state index in [0.29, 0.717) is 12.6 Å². The number of ether oxygens (including phenoxy) is 1. The second kappa shape index (κ2) is 6.90. The van der Waals surface area contributed by atoms with Gasteiger partial charge in [0.1, 0.15) is 5.54 Å². The molecular formula is C16H32N2O2. The molecule has 0 saturated heterocycles. The van der Waals surface area contributed by atoms with Crippen molar-refractivity contribution in [3.8, 4) is 0 Å². The monoisotopic (exact) mass is 284 g/mol. The number of esters is 1. The summed E-state index contributed by atoms with van der Waals surface area (Å²) in [6, 6.07) is 0.438. The summed E-state index contributed by atoms with van der Waals surface area (Å²) in [6.07, 6.45) is 3.87. The number of likely N-dealkylation sites (N-methyl/N-ethyl adjacent to an activating group) is 1. The number of carbonyl (C=O) groups is 1. The Hall–Kier alpha value is -0.610. The van der Waals surface area contributed by atoms with Crippen LogP contribution in [0.15, 0.2) is 0 Å². The van der Waals surface area contributed by atoms with Crippen molar-refractivity contribution in [3.63, 3.8) is 0 Å². The zero-order valence-electron chi connectivity index (χ0n) is 14.1. The first-order valence-electron chi connectivity index (χ1n) is 7.98. The molecule has 1 fully saturated rings. The number of carbonyl (C=O) groups excluding carboxylic acids is 1. The summed E-state index contributed by atoms with van der Waals surface area (Å²) in [5, 5.41) is 3.40. The Bertz CT molecular complexity index is 330. The molecule has 2 atom stereocenters. The SMILES string of the molecule is CCNC1(C(=O)OCC)CCC(N(C)C(C)(C)CC)C1. The normalized spacial score (nSPS) is 27.1. The molecule has 118 valence electrons. The van der Waals surface area contributed by atoms with Gasteiger partial charge in [0.05, 0.1) is 6.61 Å². The first-order valence-corrected chi connectivity index (χ1v) is 7.98. The van der Waals surface area contributed by atoms with Gasteiger partial charge in [-0.2, -0.15) is 0 Å². The van der Waals surface area contributed by atoms with Gasteiger partial charge in [0.2, 0.25) is 0 Å². The molecule has 1 aliphatic rings. The summed E-state index contributed by atoms with van der Waals surface area (Å²) in [5.41, 5.74) is -0.310. The summed E-state index contributed by atoms with van der Waals surface area (Å²) in [5.74, 6) is -0.0768. The second-order valence-corrected chi connectivity index (χ2v) is 6.51. The molecule has 20 heavy (non-hydrogen) atoms. The number of nitrogens with one attached hydrogen (secondary N) is 1. The van der Waals surface area contributed by atoms with Gasteiger partial charge in [0, 0.05) is 11.6 Å². The van der Waals surface area contributed by atoms with Crippen LogP contribution in [0, 0.1) is 0 Å². The summed E-state index contributed by atoms with van der Waals surface area (Å²) in [4.78, 5) is 14.8. The minimum Gasteiger partial charge on any atom is -0.465 e. The maximum absolute atomic E-state index is 12.3. The average Bonchev–Trinajstić information content (AvgIpc) is 2.84. The Labute approximate surface area is 124 Å². The third kappa shape index (κ3) is 3.53. The number of hydrogen-bond donors (Lipinski definition) is 1. The third-order valence-corrected chi connectivity index (χ3v) is 5.04. The van der Waals surface area contributed by atoms with E-state index >= 15 is 0 Å². The van der Waals surface area contributed by atoms with E-state index in [2.05, 4.69) is 38.0 Å². The van der Waals surface area contributed by atoms with Crippen LogP contribution in [0.2, 0.25) is 0 Å². The molecule has 0 aromatic heterocycles. The summed E-state index contributed by atoms with van der Waals surface area (Å²) in [7, 11) is 2.18. The van der Waals surface area contributed by atoms with Gasteiger partial charge >= 0.3 is 5.97 Å².